The molecule has 2 rings (SSSR count). The summed E-state index contributed by atoms with van der Waals surface area (Å²) in [5.74, 6) is 0. The highest BCUT2D eigenvalue weighted by atomic mass is 32.1. The van der Waals surface area contributed by atoms with Gasteiger partial charge in [-0.25, -0.2) is 0 Å². The molecule has 1 aromatic heterocycles. The summed E-state index contributed by atoms with van der Waals surface area (Å²) in [7, 11) is 1.81. The van der Waals surface area contributed by atoms with E-state index >= 15 is 0 Å². The van der Waals surface area contributed by atoms with Crippen LogP contribution in [0.2, 0.25) is 0 Å². The normalized spacial score (nSPS) is 12.2. The molecular formula is C15H18N2O3S. The Morgan fingerprint density at radius 2 is 2.00 bits per heavy atom. The van der Waals surface area contributed by atoms with Crippen LogP contribution >= 0.6 is 11.3 Å². The van der Waals surface area contributed by atoms with Crippen LogP contribution in [0.4, 0.5) is 16.4 Å². The Hall–Kier alpha value is -1.92. The smallest absolute Gasteiger partial charge is 0.304 e. The third kappa shape index (κ3) is 3.06. The van der Waals surface area contributed by atoms with E-state index in [-0.39, 0.29) is 5.69 Å². The number of thiophene rings is 1. The second-order valence-corrected chi connectivity index (χ2v) is 6.18. The average Bonchev–Trinajstić information content (AvgIpc) is 2.83. The molecule has 0 aliphatic heterocycles. The first kappa shape index (κ1) is 15.5. The van der Waals surface area contributed by atoms with E-state index in [1.807, 2.05) is 44.0 Å². The van der Waals surface area contributed by atoms with Crippen molar-refractivity contribution in [2.45, 2.75) is 26.9 Å². The highest BCUT2D eigenvalue weighted by molar-refractivity contribution is 7.16. The number of benzene rings is 1. The lowest BCUT2D eigenvalue weighted by molar-refractivity contribution is -0.383. The van der Waals surface area contributed by atoms with Gasteiger partial charge in [-0.15, -0.1) is 11.3 Å². The van der Waals surface area contributed by atoms with Gasteiger partial charge in [0.1, 0.15) is 0 Å². The number of hydrogen-bond acceptors (Lipinski definition) is 5. The fourth-order valence-corrected chi connectivity index (χ4v) is 3.30. The number of nitro groups is 1. The largest absolute Gasteiger partial charge is 0.388 e. The zero-order valence-corrected chi connectivity index (χ0v) is 13.3. The molecule has 1 N–H and O–H groups in total. The molecule has 5 nitrogen and oxygen atoms in total. The standard InChI is InChI=1S/C15H18N2O3S/c1-9-5-6-12(10(2)7-9)16(4)15-13(17(19)20)8-14(21-15)11(3)18/h5-8,11,18H,1-4H3/t11-/m1/s1. The van der Waals surface area contributed by atoms with Crippen molar-refractivity contribution in [3.63, 3.8) is 0 Å². The second-order valence-electron chi connectivity index (χ2n) is 5.12. The molecule has 0 spiro atoms. The Morgan fingerprint density at radius 3 is 2.52 bits per heavy atom. The number of nitrogens with zero attached hydrogens (tertiary/aromatic N) is 2. The number of aliphatic hydroxyl groups is 1. The van der Waals surface area contributed by atoms with E-state index in [2.05, 4.69) is 0 Å². The van der Waals surface area contributed by atoms with Gasteiger partial charge in [0.2, 0.25) is 0 Å². The Kier molecular flexibility index (Phi) is 4.29. The van der Waals surface area contributed by atoms with Crippen LogP contribution in [0.15, 0.2) is 24.3 Å². The summed E-state index contributed by atoms with van der Waals surface area (Å²) in [6.07, 6.45) is -0.713. The van der Waals surface area contributed by atoms with Crippen molar-refractivity contribution < 1.29 is 10.0 Å². The molecule has 0 aliphatic carbocycles. The third-order valence-corrected chi connectivity index (χ3v) is 4.71. The van der Waals surface area contributed by atoms with Crippen molar-refractivity contribution in [2.24, 2.45) is 0 Å². The number of rotatable bonds is 4. The average molecular weight is 306 g/mol. The van der Waals surface area contributed by atoms with Crippen molar-refractivity contribution in [3.05, 3.63) is 50.4 Å². The Balaban J connectivity index is 2.51. The lowest BCUT2D eigenvalue weighted by atomic mass is 10.1. The maximum Gasteiger partial charge on any atom is 0.304 e. The van der Waals surface area contributed by atoms with Crippen molar-refractivity contribution in [1.29, 1.82) is 0 Å². The summed E-state index contributed by atoms with van der Waals surface area (Å²) >= 11 is 1.25. The van der Waals surface area contributed by atoms with Gasteiger partial charge in [-0.3, -0.25) is 10.1 Å². The van der Waals surface area contributed by atoms with E-state index in [1.54, 1.807) is 6.92 Å². The minimum atomic E-state index is -0.713. The molecule has 6 heteroatoms. The van der Waals surface area contributed by atoms with Crippen molar-refractivity contribution >= 4 is 27.7 Å². The zero-order chi connectivity index (χ0) is 15.7. The van der Waals surface area contributed by atoms with E-state index in [4.69, 9.17) is 0 Å². The van der Waals surface area contributed by atoms with Crippen LogP contribution in [0.1, 0.15) is 29.0 Å². The summed E-state index contributed by atoms with van der Waals surface area (Å²) in [6, 6.07) is 7.43. The predicted octanol–water partition coefficient (Wildman–Crippen LogP) is 4.09. The summed E-state index contributed by atoms with van der Waals surface area (Å²) < 4.78 is 0. The van der Waals surface area contributed by atoms with Gasteiger partial charge < -0.3 is 10.0 Å². The molecule has 1 aromatic carbocycles. The SMILES string of the molecule is Cc1ccc(N(C)c2sc([C@@H](C)O)cc2[N+](=O)[O-])c(C)c1. The molecule has 0 radical (unpaired) electrons. The number of anilines is 2. The van der Waals surface area contributed by atoms with Gasteiger partial charge in [0.05, 0.1) is 11.0 Å². The van der Waals surface area contributed by atoms with Gasteiger partial charge in [0.25, 0.3) is 0 Å². The van der Waals surface area contributed by atoms with E-state index in [9.17, 15) is 15.2 Å². The van der Waals surface area contributed by atoms with E-state index < -0.39 is 11.0 Å². The van der Waals surface area contributed by atoms with Gasteiger partial charge in [0, 0.05) is 23.7 Å². The zero-order valence-electron chi connectivity index (χ0n) is 12.5. The molecule has 0 saturated carbocycles. The number of aryl methyl sites for hydroxylation is 2. The predicted molar refractivity (Wildman–Crippen MR) is 85.6 cm³/mol. The van der Waals surface area contributed by atoms with Crippen molar-refractivity contribution in [1.82, 2.24) is 0 Å². The fraction of sp³-hybridized carbons (Fsp3) is 0.333. The Bertz CT molecular complexity index is 680. The first-order valence-corrected chi connectivity index (χ1v) is 7.40. The molecule has 0 bridgehead atoms. The van der Waals surface area contributed by atoms with Gasteiger partial charge in [-0.1, -0.05) is 17.7 Å². The van der Waals surface area contributed by atoms with Gasteiger partial charge in [0.15, 0.2) is 5.00 Å². The van der Waals surface area contributed by atoms with Crippen LogP contribution in [0.5, 0.6) is 0 Å². The highest BCUT2D eigenvalue weighted by Crippen LogP contribution is 2.42. The van der Waals surface area contributed by atoms with Crippen LogP contribution in [-0.4, -0.2) is 17.1 Å². The van der Waals surface area contributed by atoms with Crippen molar-refractivity contribution in [3.8, 4) is 0 Å². The van der Waals surface area contributed by atoms with Gasteiger partial charge >= 0.3 is 5.69 Å². The van der Waals surface area contributed by atoms with E-state index in [0.717, 1.165) is 16.8 Å². The minimum absolute atomic E-state index is 0.0263. The number of hydrogen-bond donors (Lipinski definition) is 1. The monoisotopic (exact) mass is 306 g/mol. The fourth-order valence-electron chi connectivity index (χ4n) is 2.26. The summed E-state index contributed by atoms with van der Waals surface area (Å²) in [5.41, 5.74) is 3.15. The summed E-state index contributed by atoms with van der Waals surface area (Å²) in [5, 5.41) is 21.4. The lowest BCUT2D eigenvalue weighted by Gasteiger charge is -2.19. The van der Waals surface area contributed by atoms with Crippen LogP contribution in [0.3, 0.4) is 0 Å². The highest BCUT2D eigenvalue weighted by Gasteiger charge is 2.25. The maximum atomic E-state index is 11.2. The third-order valence-electron chi connectivity index (χ3n) is 3.34. The quantitative estimate of drug-likeness (QED) is 0.682. The molecular weight excluding hydrogens is 288 g/mol. The van der Waals surface area contributed by atoms with Crippen LogP contribution < -0.4 is 4.90 Å². The molecule has 112 valence electrons. The molecule has 1 atom stereocenters. The first-order valence-electron chi connectivity index (χ1n) is 6.58. The topological polar surface area (TPSA) is 66.6 Å². The van der Waals surface area contributed by atoms with Crippen molar-refractivity contribution in [2.75, 3.05) is 11.9 Å². The molecule has 2 aromatic rings. The van der Waals surface area contributed by atoms with Crippen LogP contribution in [-0.2, 0) is 0 Å². The molecule has 0 amide bonds. The number of aliphatic hydroxyl groups excluding tert-OH is 1. The summed E-state index contributed by atoms with van der Waals surface area (Å²) in [4.78, 5) is 13.2. The first-order chi connectivity index (χ1) is 9.81. The van der Waals surface area contributed by atoms with Gasteiger partial charge in [-0.2, -0.15) is 0 Å². The molecule has 0 aliphatic rings. The molecule has 0 fully saturated rings. The Morgan fingerprint density at radius 1 is 1.33 bits per heavy atom. The minimum Gasteiger partial charge on any atom is -0.388 e. The van der Waals surface area contributed by atoms with E-state index in [0.29, 0.717) is 9.88 Å². The van der Waals surface area contributed by atoms with E-state index in [1.165, 1.54) is 17.4 Å². The van der Waals surface area contributed by atoms with Gasteiger partial charge in [-0.05, 0) is 32.4 Å². The Labute approximate surface area is 127 Å². The molecule has 1 heterocycles. The maximum absolute atomic E-state index is 11.2. The summed E-state index contributed by atoms with van der Waals surface area (Å²) in [6.45, 7) is 5.60. The van der Waals surface area contributed by atoms with Crippen LogP contribution in [0.25, 0.3) is 0 Å². The molecule has 21 heavy (non-hydrogen) atoms. The second kappa shape index (κ2) is 5.83. The molecule has 0 saturated heterocycles. The lowest BCUT2D eigenvalue weighted by Crippen LogP contribution is -2.10. The molecule has 0 unspecified atom stereocenters. The van der Waals surface area contributed by atoms with Crippen LogP contribution in [0, 0.1) is 24.0 Å².